The molecular weight excluding hydrogens is 739 g/mol. The maximum Gasteiger partial charge on any atom is 0.306 e. The molecule has 0 saturated heterocycles. The minimum Gasteiger partial charge on any atom is -0.544 e. The van der Waals surface area contributed by atoms with Crippen LogP contribution >= 0.6 is 0 Å². The third kappa shape index (κ3) is 41.0. The number of carboxylic acid groups (broad SMARTS) is 1. The highest BCUT2D eigenvalue weighted by Gasteiger charge is 2.25. The highest BCUT2D eigenvalue weighted by Crippen LogP contribution is 2.16. The van der Waals surface area contributed by atoms with Crippen molar-refractivity contribution >= 4 is 17.9 Å². The molecule has 0 N–H and O–H groups in total. The Labute approximate surface area is 364 Å². The molecule has 0 amide bonds. The van der Waals surface area contributed by atoms with Crippen molar-refractivity contribution in [3.8, 4) is 0 Å². The predicted molar refractivity (Wildman–Crippen MR) is 245 cm³/mol. The quantitative estimate of drug-likeness (QED) is 0.0260. The van der Waals surface area contributed by atoms with Gasteiger partial charge in [0.05, 0.1) is 40.3 Å². The number of hydrogen-bond donors (Lipinski definition) is 0. The summed E-state index contributed by atoms with van der Waals surface area (Å²) < 4.78 is 17.2. The van der Waals surface area contributed by atoms with E-state index in [0.29, 0.717) is 12.8 Å². The van der Waals surface area contributed by atoms with E-state index >= 15 is 0 Å². The Morgan fingerprint density at radius 2 is 0.881 bits per heavy atom. The molecular formula is C51H95NO7. The second-order valence-electron chi connectivity index (χ2n) is 18.1. The summed E-state index contributed by atoms with van der Waals surface area (Å²) in [6.45, 7) is 4.68. The van der Waals surface area contributed by atoms with Crippen LogP contribution in [-0.4, -0.2) is 75.5 Å². The summed E-state index contributed by atoms with van der Waals surface area (Å²) in [6, 6.07) is -0.725. The first-order chi connectivity index (χ1) is 28.6. The Hall–Kier alpha value is -2.19. The molecule has 0 aromatic carbocycles. The molecule has 2 unspecified atom stereocenters. The molecule has 8 nitrogen and oxygen atoms in total. The van der Waals surface area contributed by atoms with Crippen LogP contribution < -0.4 is 5.11 Å². The summed E-state index contributed by atoms with van der Waals surface area (Å²) >= 11 is 0. The number of esters is 2. The Bertz CT molecular complexity index is 1020. The van der Waals surface area contributed by atoms with Crippen LogP contribution in [0.2, 0.25) is 0 Å². The second kappa shape index (κ2) is 42.5. The van der Waals surface area contributed by atoms with E-state index in [-0.39, 0.29) is 42.7 Å². The molecule has 0 aromatic heterocycles. The first-order valence-electron chi connectivity index (χ1n) is 24.9. The number of aliphatic carboxylic acids is 1. The summed E-state index contributed by atoms with van der Waals surface area (Å²) in [4.78, 5) is 37.0. The van der Waals surface area contributed by atoms with Gasteiger partial charge < -0.3 is 28.6 Å². The van der Waals surface area contributed by atoms with E-state index in [1.807, 2.05) is 0 Å². The Morgan fingerprint density at radius 1 is 0.508 bits per heavy atom. The molecule has 346 valence electrons. The van der Waals surface area contributed by atoms with Gasteiger partial charge in [0.25, 0.3) is 0 Å². The number of carbonyl (C=O) groups is 3. The van der Waals surface area contributed by atoms with Crippen molar-refractivity contribution < 1.29 is 38.2 Å². The van der Waals surface area contributed by atoms with E-state index < -0.39 is 18.1 Å². The number of likely N-dealkylation sites (N-methyl/N-ethyl adjacent to an activating group) is 1. The fourth-order valence-corrected chi connectivity index (χ4v) is 7.48. The smallest absolute Gasteiger partial charge is 0.306 e. The molecule has 0 spiro atoms. The van der Waals surface area contributed by atoms with Crippen LogP contribution in [0.15, 0.2) is 24.3 Å². The number of quaternary nitrogens is 1. The number of rotatable bonds is 45. The lowest BCUT2D eigenvalue weighted by molar-refractivity contribution is -0.889. The van der Waals surface area contributed by atoms with Gasteiger partial charge in [-0.2, -0.15) is 0 Å². The number of carboxylic acids is 1. The van der Waals surface area contributed by atoms with Crippen molar-refractivity contribution in [1.82, 2.24) is 0 Å². The third-order valence-corrected chi connectivity index (χ3v) is 11.4. The summed E-state index contributed by atoms with van der Waals surface area (Å²) in [6.07, 6.45) is 47.7. The van der Waals surface area contributed by atoms with Gasteiger partial charge >= 0.3 is 11.9 Å². The number of ether oxygens (including phenoxy) is 3. The topological polar surface area (TPSA) is 102 Å². The van der Waals surface area contributed by atoms with Gasteiger partial charge in [0, 0.05) is 19.3 Å². The molecule has 0 heterocycles. The Morgan fingerprint density at radius 3 is 1.27 bits per heavy atom. The summed E-state index contributed by atoms with van der Waals surface area (Å²) in [5, 5.41) is 11.6. The lowest BCUT2D eigenvalue weighted by Gasteiger charge is -2.34. The number of allylic oxidation sites excluding steroid dienone is 4. The van der Waals surface area contributed by atoms with E-state index in [0.717, 1.165) is 57.8 Å². The van der Waals surface area contributed by atoms with Crippen LogP contribution in [0.1, 0.15) is 232 Å². The maximum absolute atomic E-state index is 12.8. The van der Waals surface area contributed by atoms with E-state index in [1.54, 1.807) is 21.1 Å². The summed E-state index contributed by atoms with van der Waals surface area (Å²) in [7, 11) is 5.42. The van der Waals surface area contributed by atoms with Crippen molar-refractivity contribution in [3.63, 3.8) is 0 Å². The fourth-order valence-electron chi connectivity index (χ4n) is 7.48. The largest absolute Gasteiger partial charge is 0.544 e. The lowest BCUT2D eigenvalue weighted by Crippen LogP contribution is -2.55. The van der Waals surface area contributed by atoms with Gasteiger partial charge in [-0.1, -0.05) is 199 Å². The number of unbranched alkanes of at least 4 members (excludes halogenated alkanes) is 28. The first kappa shape index (κ1) is 56.8. The van der Waals surface area contributed by atoms with Gasteiger partial charge in [-0.15, -0.1) is 0 Å². The van der Waals surface area contributed by atoms with Crippen molar-refractivity contribution in [2.75, 3.05) is 41.0 Å². The van der Waals surface area contributed by atoms with E-state index in [2.05, 4.69) is 38.2 Å². The molecule has 0 bridgehead atoms. The minimum atomic E-state index is -1.12. The standard InChI is InChI=1S/C51H95NO7/c1-6-8-10-12-14-16-18-20-22-24-26-27-29-31-33-35-37-39-41-49(53)58-46-47(45-57-44-43-48(51(55)56)52(3,4)5)59-50(54)42-40-38-36-34-32-30-28-25-23-21-19-17-15-13-11-9-7-2/h22,24,26-27,47-48H,6-21,23,25,28-46H2,1-5H3/b24-22+,27-26+. The molecule has 8 heteroatoms. The molecule has 0 saturated carbocycles. The van der Waals surface area contributed by atoms with Crippen molar-refractivity contribution in [2.24, 2.45) is 0 Å². The SMILES string of the molecule is CCCCCCCCC/C=C/C=C/CCCCCCCC(=O)OCC(COCCC(C(=O)[O-])[N+](C)(C)C)OC(=O)CCCCCCCCCCCCCCCCCCC. The average Bonchev–Trinajstić information content (AvgIpc) is 3.19. The predicted octanol–water partition coefficient (Wildman–Crippen LogP) is 12.7. The number of nitrogens with zero attached hydrogens (tertiary/aromatic N) is 1. The van der Waals surface area contributed by atoms with Gasteiger partial charge in [-0.3, -0.25) is 9.59 Å². The van der Waals surface area contributed by atoms with E-state index in [4.69, 9.17) is 14.2 Å². The molecule has 2 atom stereocenters. The monoisotopic (exact) mass is 834 g/mol. The first-order valence-corrected chi connectivity index (χ1v) is 24.9. The minimum absolute atomic E-state index is 0.0401. The van der Waals surface area contributed by atoms with Gasteiger partial charge in [0.15, 0.2) is 6.10 Å². The van der Waals surface area contributed by atoms with Gasteiger partial charge in [-0.05, 0) is 38.5 Å². The third-order valence-electron chi connectivity index (χ3n) is 11.4. The molecule has 0 aliphatic rings. The molecule has 0 fully saturated rings. The van der Waals surface area contributed by atoms with Crippen LogP contribution in [0, 0.1) is 0 Å². The Balaban J connectivity index is 4.28. The zero-order valence-corrected chi connectivity index (χ0v) is 39.4. The Kier molecular flexibility index (Phi) is 40.9. The summed E-state index contributed by atoms with van der Waals surface area (Å²) in [5.41, 5.74) is 0. The summed E-state index contributed by atoms with van der Waals surface area (Å²) in [5.74, 6) is -1.74. The average molecular weight is 834 g/mol. The fraction of sp³-hybridized carbons (Fsp3) is 0.863. The zero-order chi connectivity index (χ0) is 43.5. The molecule has 0 aromatic rings. The van der Waals surface area contributed by atoms with Crippen LogP contribution in [0.5, 0.6) is 0 Å². The highest BCUT2D eigenvalue weighted by molar-refractivity contribution is 5.70. The van der Waals surface area contributed by atoms with Gasteiger partial charge in [-0.25, -0.2) is 0 Å². The zero-order valence-electron chi connectivity index (χ0n) is 39.4. The number of hydrogen-bond acceptors (Lipinski definition) is 7. The van der Waals surface area contributed by atoms with Crippen LogP contribution in [-0.2, 0) is 28.6 Å². The molecule has 0 radical (unpaired) electrons. The van der Waals surface area contributed by atoms with E-state index in [1.165, 1.54) is 141 Å². The highest BCUT2D eigenvalue weighted by atomic mass is 16.6. The molecule has 0 rings (SSSR count). The van der Waals surface area contributed by atoms with Gasteiger partial charge in [0.2, 0.25) is 0 Å². The van der Waals surface area contributed by atoms with Crippen LogP contribution in [0.25, 0.3) is 0 Å². The maximum atomic E-state index is 12.8. The van der Waals surface area contributed by atoms with Crippen molar-refractivity contribution in [3.05, 3.63) is 24.3 Å². The molecule has 59 heavy (non-hydrogen) atoms. The molecule has 0 aliphatic heterocycles. The normalized spacial score (nSPS) is 13.0. The van der Waals surface area contributed by atoms with Crippen LogP contribution in [0.4, 0.5) is 0 Å². The van der Waals surface area contributed by atoms with Gasteiger partial charge in [0.1, 0.15) is 12.6 Å². The van der Waals surface area contributed by atoms with Crippen molar-refractivity contribution in [2.45, 2.75) is 244 Å². The second-order valence-corrected chi connectivity index (χ2v) is 18.1. The molecule has 0 aliphatic carbocycles. The lowest BCUT2D eigenvalue weighted by atomic mass is 10.0. The number of carbonyl (C=O) groups excluding carboxylic acids is 3. The van der Waals surface area contributed by atoms with Crippen molar-refractivity contribution in [1.29, 1.82) is 0 Å². The van der Waals surface area contributed by atoms with Crippen LogP contribution in [0.3, 0.4) is 0 Å². The van der Waals surface area contributed by atoms with E-state index in [9.17, 15) is 19.5 Å².